The smallest absolute Gasteiger partial charge is 0.271 e. The van der Waals surface area contributed by atoms with Gasteiger partial charge in [-0.25, -0.2) is 4.98 Å². The Hall–Kier alpha value is -2.92. The summed E-state index contributed by atoms with van der Waals surface area (Å²) in [5.41, 5.74) is 3.18. The number of aromatic nitrogens is 1. The minimum atomic E-state index is -0.507. The number of nitriles is 1. The zero-order valence-electron chi connectivity index (χ0n) is 18.0. The van der Waals surface area contributed by atoms with E-state index in [0.29, 0.717) is 22.2 Å². The summed E-state index contributed by atoms with van der Waals surface area (Å²) in [7, 11) is 0. The molecule has 162 valence electrons. The largest absolute Gasteiger partial charge is 0.325 e. The van der Waals surface area contributed by atoms with Crippen LogP contribution in [-0.4, -0.2) is 21.6 Å². The number of carbonyl (C=O) groups is 1. The van der Waals surface area contributed by atoms with E-state index in [4.69, 9.17) is 4.98 Å². The molecule has 1 N–H and O–H groups in total. The molecule has 3 rings (SSSR count). The van der Waals surface area contributed by atoms with Crippen LogP contribution in [0.25, 0.3) is 0 Å². The summed E-state index contributed by atoms with van der Waals surface area (Å²) in [5, 5.41) is 23.7. The van der Waals surface area contributed by atoms with Gasteiger partial charge < -0.3 is 5.32 Å². The van der Waals surface area contributed by atoms with Crippen LogP contribution >= 0.6 is 11.8 Å². The first-order valence-corrected chi connectivity index (χ1v) is 11.3. The molecule has 1 heterocycles. The van der Waals surface area contributed by atoms with Gasteiger partial charge in [0.1, 0.15) is 11.1 Å². The van der Waals surface area contributed by atoms with E-state index in [-0.39, 0.29) is 22.8 Å². The van der Waals surface area contributed by atoms with Gasteiger partial charge in [0.25, 0.3) is 5.69 Å². The SMILES string of the molecule is CCC(C)(C)C1CCc2nc(SCC(=O)Nc3cccc([N+](=O)[O-])c3)c(C#N)cc2C1. The normalized spacial score (nSPS) is 15.6. The molecule has 1 atom stereocenters. The van der Waals surface area contributed by atoms with Crippen molar-refractivity contribution in [3.05, 3.63) is 57.3 Å². The van der Waals surface area contributed by atoms with Gasteiger partial charge in [-0.3, -0.25) is 14.9 Å². The van der Waals surface area contributed by atoms with E-state index in [0.717, 1.165) is 36.9 Å². The van der Waals surface area contributed by atoms with Crippen molar-refractivity contribution in [1.29, 1.82) is 5.26 Å². The highest BCUT2D eigenvalue weighted by Crippen LogP contribution is 2.40. The molecule has 1 aromatic carbocycles. The number of nitrogens with zero attached hydrogens (tertiary/aromatic N) is 3. The lowest BCUT2D eigenvalue weighted by atomic mass is 9.69. The molecule has 1 unspecified atom stereocenters. The second kappa shape index (κ2) is 9.48. The lowest BCUT2D eigenvalue weighted by Crippen LogP contribution is -2.29. The number of hydrogen-bond donors (Lipinski definition) is 1. The molecule has 1 aliphatic carbocycles. The molecule has 0 saturated carbocycles. The summed E-state index contributed by atoms with van der Waals surface area (Å²) in [6.45, 7) is 6.81. The molecule has 1 amide bonds. The van der Waals surface area contributed by atoms with Gasteiger partial charge in [-0.05, 0) is 48.3 Å². The van der Waals surface area contributed by atoms with Crippen LogP contribution in [0.15, 0.2) is 35.4 Å². The van der Waals surface area contributed by atoms with Gasteiger partial charge in [-0.1, -0.05) is 45.0 Å². The number of nitro benzene ring substituents is 1. The molecule has 0 saturated heterocycles. The highest BCUT2D eigenvalue weighted by Gasteiger charge is 2.32. The molecule has 0 spiro atoms. The van der Waals surface area contributed by atoms with Gasteiger partial charge in [0, 0.05) is 23.5 Å². The number of pyridine rings is 1. The van der Waals surface area contributed by atoms with Gasteiger partial charge in [0.15, 0.2) is 0 Å². The number of rotatable bonds is 7. The summed E-state index contributed by atoms with van der Waals surface area (Å²) in [6.07, 6.45) is 3.99. The second-order valence-electron chi connectivity index (χ2n) is 8.48. The standard InChI is InChI=1S/C23H26N4O3S/c1-4-23(2,3)17-8-9-20-15(11-17)10-16(13-24)22(26-20)31-14-21(28)25-18-6-5-7-19(12-18)27(29)30/h5-7,10,12,17H,4,8-9,11,14H2,1-3H3,(H,25,28). The minimum absolute atomic E-state index is 0.0641. The molecule has 0 bridgehead atoms. The highest BCUT2D eigenvalue weighted by atomic mass is 32.2. The Morgan fingerprint density at radius 1 is 1.42 bits per heavy atom. The molecular weight excluding hydrogens is 412 g/mol. The van der Waals surface area contributed by atoms with Crippen molar-refractivity contribution in [3.63, 3.8) is 0 Å². The van der Waals surface area contributed by atoms with E-state index in [9.17, 15) is 20.2 Å². The maximum Gasteiger partial charge on any atom is 0.271 e. The van der Waals surface area contributed by atoms with Crippen molar-refractivity contribution in [2.75, 3.05) is 11.1 Å². The highest BCUT2D eigenvalue weighted by molar-refractivity contribution is 8.00. The number of hydrogen-bond acceptors (Lipinski definition) is 6. The van der Waals surface area contributed by atoms with Crippen molar-refractivity contribution in [2.45, 2.75) is 51.5 Å². The predicted octanol–water partition coefficient (Wildman–Crippen LogP) is 5.13. The molecule has 2 aromatic rings. The monoisotopic (exact) mass is 438 g/mol. The molecule has 0 aliphatic heterocycles. The van der Waals surface area contributed by atoms with Crippen molar-refractivity contribution in [2.24, 2.45) is 11.3 Å². The lowest BCUT2D eigenvalue weighted by Gasteiger charge is -2.37. The number of aryl methyl sites for hydroxylation is 1. The van der Waals surface area contributed by atoms with Crippen LogP contribution < -0.4 is 5.32 Å². The van der Waals surface area contributed by atoms with Crippen LogP contribution in [0.1, 0.15) is 50.4 Å². The first-order valence-electron chi connectivity index (χ1n) is 10.3. The maximum absolute atomic E-state index is 12.3. The Kier molecular flexibility index (Phi) is 6.96. The van der Waals surface area contributed by atoms with Crippen LogP contribution in [0.4, 0.5) is 11.4 Å². The second-order valence-corrected chi connectivity index (χ2v) is 9.45. The third kappa shape index (κ3) is 5.42. The third-order valence-electron chi connectivity index (χ3n) is 6.17. The number of fused-ring (bicyclic) bond motifs is 1. The Labute approximate surface area is 186 Å². The summed E-state index contributed by atoms with van der Waals surface area (Å²) >= 11 is 1.21. The minimum Gasteiger partial charge on any atom is -0.325 e. The van der Waals surface area contributed by atoms with Crippen LogP contribution in [0.2, 0.25) is 0 Å². The molecule has 1 aliphatic rings. The fraction of sp³-hybridized carbons (Fsp3) is 0.435. The van der Waals surface area contributed by atoms with Crippen LogP contribution in [0, 0.1) is 32.8 Å². The number of non-ortho nitro benzene ring substituents is 1. The predicted molar refractivity (Wildman–Crippen MR) is 121 cm³/mol. The zero-order chi connectivity index (χ0) is 22.6. The van der Waals surface area contributed by atoms with Gasteiger partial charge in [-0.2, -0.15) is 5.26 Å². The topological polar surface area (TPSA) is 109 Å². The van der Waals surface area contributed by atoms with Crippen LogP contribution in [-0.2, 0) is 17.6 Å². The number of nitro groups is 1. The number of nitrogens with one attached hydrogen (secondary N) is 1. The maximum atomic E-state index is 12.3. The summed E-state index contributed by atoms with van der Waals surface area (Å²) < 4.78 is 0. The van der Waals surface area contributed by atoms with Gasteiger partial charge >= 0.3 is 0 Å². The van der Waals surface area contributed by atoms with E-state index < -0.39 is 4.92 Å². The average Bonchev–Trinajstić information content (AvgIpc) is 2.76. The molecule has 0 radical (unpaired) electrons. The summed E-state index contributed by atoms with van der Waals surface area (Å²) in [5.74, 6) is 0.325. The molecule has 0 fully saturated rings. The Bertz CT molecular complexity index is 1050. The number of carbonyl (C=O) groups excluding carboxylic acids is 1. The van der Waals surface area contributed by atoms with E-state index in [1.165, 1.54) is 30.0 Å². The quantitative estimate of drug-likeness (QED) is 0.364. The lowest BCUT2D eigenvalue weighted by molar-refractivity contribution is -0.384. The van der Waals surface area contributed by atoms with Crippen molar-refractivity contribution in [1.82, 2.24) is 4.98 Å². The first-order chi connectivity index (χ1) is 14.7. The van der Waals surface area contributed by atoms with Gasteiger partial charge in [0.05, 0.1) is 16.2 Å². The Morgan fingerprint density at radius 2 is 2.19 bits per heavy atom. The van der Waals surface area contributed by atoms with Gasteiger partial charge in [0.2, 0.25) is 5.91 Å². The average molecular weight is 439 g/mol. The fourth-order valence-corrected chi connectivity index (χ4v) is 4.59. The summed E-state index contributed by atoms with van der Waals surface area (Å²) in [6, 6.07) is 9.95. The van der Waals surface area contributed by atoms with E-state index in [1.54, 1.807) is 6.07 Å². The summed E-state index contributed by atoms with van der Waals surface area (Å²) in [4.78, 5) is 27.4. The van der Waals surface area contributed by atoms with E-state index >= 15 is 0 Å². The molecular formula is C23H26N4O3S. The number of amides is 1. The zero-order valence-corrected chi connectivity index (χ0v) is 18.8. The van der Waals surface area contributed by atoms with Crippen molar-refractivity contribution < 1.29 is 9.72 Å². The van der Waals surface area contributed by atoms with Gasteiger partial charge in [-0.15, -0.1) is 0 Å². The third-order valence-corrected chi connectivity index (χ3v) is 7.16. The molecule has 8 heteroatoms. The Morgan fingerprint density at radius 3 is 2.87 bits per heavy atom. The van der Waals surface area contributed by atoms with Crippen LogP contribution in [0.5, 0.6) is 0 Å². The number of thioether (sulfide) groups is 1. The number of anilines is 1. The number of benzene rings is 1. The van der Waals surface area contributed by atoms with Crippen LogP contribution in [0.3, 0.4) is 0 Å². The fourth-order valence-electron chi connectivity index (χ4n) is 3.82. The Balaban J connectivity index is 1.69. The molecule has 31 heavy (non-hydrogen) atoms. The van der Waals surface area contributed by atoms with E-state index in [2.05, 4.69) is 32.2 Å². The van der Waals surface area contributed by atoms with E-state index in [1.807, 2.05) is 6.07 Å². The first kappa shape index (κ1) is 22.8. The van der Waals surface area contributed by atoms with Crippen molar-refractivity contribution in [3.8, 4) is 6.07 Å². The molecule has 7 nitrogen and oxygen atoms in total. The molecule has 1 aromatic heterocycles. The van der Waals surface area contributed by atoms with Crippen molar-refractivity contribution >= 4 is 29.0 Å².